The van der Waals surface area contributed by atoms with Gasteiger partial charge in [-0.2, -0.15) is 5.10 Å². The van der Waals surface area contributed by atoms with Crippen molar-refractivity contribution in [2.75, 3.05) is 53.0 Å². The van der Waals surface area contributed by atoms with Gasteiger partial charge in [0.05, 0.1) is 32.1 Å². The van der Waals surface area contributed by atoms with E-state index in [0.29, 0.717) is 32.6 Å². The number of carbonyl (C=O) groups is 2. The molecule has 2 amide bonds. The standard InChI is InChI=1S/C27H34N4O4/c1-3-26(32)30(13-12-29-14-16-35-17-15-29)20-27(33)31-25(21-8-5-4-6-9-21)19-24(28-31)22-10-7-11-23(18-22)34-2/h4-11,18,25H,3,12-17,19-20H2,1-2H3/t25-/m1/s1. The van der Waals surface area contributed by atoms with Crippen molar-refractivity contribution in [3.8, 4) is 5.75 Å². The third-order valence-corrected chi connectivity index (χ3v) is 6.52. The molecule has 8 nitrogen and oxygen atoms in total. The summed E-state index contributed by atoms with van der Waals surface area (Å²) in [6.45, 7) is 6.17. The first-order valence-corrected chi connectivity index (χ1v) is 12.3. The number of ether oxygens (including phenoxy) is 2. The molecule has 4 rings (SSSR count). The Balaban J connectivity index is 1.54. The fourth-order valence-electron chi connectivity index (χ4n) is 4.49. The minimum absolute atomic E-state index is 0.00916. The molecule has 0 radical (unpaired) electrons. The van der Waals surface area contributed by atoms with Crippen LogP contribution in [0.15, 0.2) is 59.7 Å². The SMILES string of the molecule is CCC(=O)N(CCN1CCOCC1)CC(=O)N1N=C(c2cccc(OC)c2)C[C@@H]1c1ccccc1. The molecule has 35 heavy (non-hydrogen) atoms. The molecule has 2 aliphatic heterocycles. The van der Waals surface area contributed by atoms with E-state index in [9.17, 15) is 9.59 Å². The molecule has 0 aliphatic carbocycles. The van der Waals surface area contributed by atoms with Crippen LogP contribution in [0.4, 0.5) is 0 Å². The second kappa shape index (κ2) is 12.0. The van der Waals surface area contributed by atoms with E-state index in [0.717, 1.165) is 42.2 Å². The zero-order valence-electron chi connectivity index (χ0n) is 20.6. The Morgan fingerprint density at radius 3 is 2.60 bits per heavy atom. The quantitative estimate of drug-likeness (QED) is 0.554. The summed E-state index contributed by atoms with van der Waals surface area (Å²) in [7, 11) is 1.63. The Kier molecular flexibility index (Phi) is 8.50. The van der Waals surface area contributed by atoms with Gasteiger partial charge in [-0.3, -0.25) is 14.5 Å². The lowest BCUT2D eigenvalue weighted by molar-refractivity contribution is -0.141. The summed E-state index contributed by atoms with van der Waals surface area (Å²) in [6.07, 6.45) is 0.954. The van der Waals surface area contributed by atoms with Crippen LogP contribution in [0.5, 0.6) is 5.75 Å². The maximum atomic E-state index is 13.6. The van der Waals surface area contributed by atoms with Gasteiger partial charge in [0.1, 0.15) is 12.3 Å². The zero-order valence-corrected chi connectivity index (χ0v) is 20.6. The Bertz CT molecular complexity index is 1040. The van der Waals surface area contributed by atoms with Gasteiger partial charge in [-0.1, -0.05) is 49.4 Å². The number of hydrogen-bond donors (Lipinski definition) is 0. The maximum absolute atomic E-state index is 13.6. The highest BCUT2D eigenvalue weighted by Gasteiger charge is 2.34. The minimum atomic E-state index is -0.220. The number of hydrazone groups is 1. The van der Waals surface area contributed by atoms with Crippen LogP contribution >= 0.6 is 0 Å². The van der Waals surface area contributed by atoms with Gasteiger partial charge >= 0.3 is 0 Å². The van der Waals surface area contributed by atoms with Crippen LogP contribution in [0.3, 0.4) is 0 Å². The van der Waals surface area contributed by atoms with Gasteiger partial charge in [-0.05, 0) is 17.7 Å². The number of carbonyl (C=O) groups excluding carboxylic acids is 2. The fraction of sp³-hybridized carbons (Fsp3) is 0.444. The van der Waals surface area contributed by atoms with Gasteiger partial charge in [0, 0.05) is 44.6 Å². The number of methoxy groups -OCH3 is 1. The molecule has 1 fully saturated rings. The van der Waals surface area contributed by atoms with Crippen LogP contribution < -0.4 is 4.74 Å². The lowest BCUT2D eigenvalue weighted by atomic mass is 9.98. The van der Waals surface area contributed by atoms with Crippen molar-refractivity contribution in [3.63, 3.8) is 0 Å². The van der Waals surface area contributed by atoms with E-state index in [2.05, 4.69) is 4.90 Å². The molecule has 1 saturated heterocycles. The molecule has 186 valence electrons. The fourth-order valence-corrected chi connectivity index (χ4v) is 4.49. The van der Waals surface area contributed by atoms with Crippen LogP contribution in [0, 0.1) is 0 Å². The summed E-state index contributed by atoms with van der Waals surface area (Å²) in [5.41, 5.74) is 2.77. The van der Waals surface area contributed by atoms with E-state index in [1.165, 1.54) is 0 Å². The predicted octanol–water partition coefficient (Wildman–Crippen LogP) is 2.94. The van der Waals surface area contributed by atoms with E-state index in [1.54, 1.807) is 17.0 Å². The van der Waals surface area contributed by atoms with Crippen molar-refractivity contribution in [3.05, 3.63) is 65.7 Å². The van der Waals surface area contributed by atoms with Crippen molar-refractivity contribution in [2.45, 2.75) is 25.8 Å². The second-order valence-corrected chi connectivity index (χ2v) is 8.77. The number of rotatable bonds is 9. The summed E-state index contributed by atoms with van der Waals surface area (Å²) < 4.78 is 10.8. The third kappa shape index (κ3) is 6.26. The van der Waals surface area contributed by atoms with E-state index in [1.807, 2.05) is 61.5 Å². The van der Waals surface area contributed by atoms with Crippen LogP contribution in [0.2, 0.25) is 0 Å². The predicted molar refractivity (Wildman–Crippen MR) is 134 cm³/mol. The van der Waals surface area contributed by atoms with Gasteiger partial charge in [0.25, 0.3) is 5.91 Å². The highest BCUT2D eigenvalue weighted by atomic mass is 16.5. The summed E-state index contributed by atoms with van der Waals surface area (Å²) in [4.78, 5) is 30.2. The van der Waals surface area contributed by atoms with Crippen molar-refractivity contribution < 1.29 is 19.1 Å². The number of morpholine rings is 1. The molecule has 0 bridgehead atoms. The third-order valence-electron chi connectivity index (χ3n) is 6.52. The first-order valence-electron chi connectivity index (χ1n) is 12.3. The van der Waals surface area contributed by atoms with Crippen LogP contribution in [-0.2, 0) is 14.3 Å². The smallest absolute Gasteiger partial charge is 0.262 e. The minimum Gasteiger partial charge on any atom is -0.497 e. The average Bonchev–Trinajstić information content (AvgIpc) is 3.37. The summed E-state index contributed by atoms with van der Waals surface area (Å²) in [5.74, 6) is 0.536. The highest BCUT2D eigenvalue weighted by molar-refractivity contribution is 6.03. The molecule has 0 unspecified atom stereocenters. The van der Waals surface area contributed by atoms with E-state index < -0.39 is 0 Å². The molecule has 0 N–H and O–H groups in total. The molecular formula is C27H34N4O4. The molecule has 2 aliphatic rings. The molecule has 2 aromatic carbocycles. The summed E-state index contributed by atoms with van der Waals surface area (Å²) in [5, 5.41) is 6.32. The van der Waals surface area contributed by atoms with Gasteiger partial charge in [-0.15, -0.1) is 0 Å². The van der Waals surface area contributed by atoms with Crippen molar-refractivity contribution in [2.24, 2.45) is 5.10 Å². The molecule has 0 aromatic heterocycles. The number of benzene rings is 2. The van der Waals surface area contributed by atoms with E-state index in [4.69, 9.17) is 14.6 Å². The topological polar surface area (TPSA) is 74.7 Å². The zero-order chi connectivity index (χ0) is 24.6. The van der Waals surface area contributed by atoms with Gasteiger partial charge in [0.15, 0.2) is 0 Å². The summed E-state index contributed by atoms with van der Waals surface area (Å²) >= 11 is 0. The molecular weight excluding hydrogens is 444 g/mol. The Hall–Kier alpha value is -3.23. The number of amides is 2. The molecule has 0 saturated carbocycles. The van der Waals surface area contributed by atoms with Gasteiger partial charge in [-0.25, -0.2) is 5.01 Å². The van der Waals surface area contributed by atoms with Crippen molar-refractivity contribution in [1.82, 2.24) is 14.8 Å². The first-order chi connectivity index (χ1) is 17.1. The molecule has 2 aromatic rings. The Morgan fingerprint density at radius 2 is 1.89 bits per heavy atom. The normalized spacial score (nSPS) is 18.3. The Labute approximate surface area is 207 Å². The Morgan fingerprint density at radius 1 is 1.11 bits per heavy atom. The van der Waals surface area contributed by atoms with Crippen LogP contribution in [0.1, 0.15) is 36.9 Å². The lowest BCUT2D eigenvalue weighted by Gasteiger charge is -2.31. The van der Waals surface area contributed by atoms with Crippen LogP contribution in [0.25, 0.3) is 0 Å². The number of nitrogens with zero attached hydrogens (tertiary/aromatic N) is 4. The van der Waals surface area contributed by atoms with Crippen LogP contribution in [-0.4, -0.2) is 85.4 Å². The average molecular weight is 479 g/mol. The monoisotopic (exact) mass is 478 g/mol. The first kappa shape index (κ1) is 24.9. The second-order valence-electron chi connectivity index (χ2n) is 8.77. The number of hydrogen-bond acceptors (Lipinski definition) is 6. The maximum Gasteiger partial charge on any atom is 0.262 e. The van der Waals surface area contributed by atoms with Gasteiger partial charge in [0.2, 0.25) is 5.91 Å². The van der Waals surface area contributed by atoms with E-state index in [-0.39, 0.29) is 24.4 Å². The lowest BCUT2D eigenvalue weighted by Crippen LogP contribution is -2.46. The molecule has 2 heterocycles. The van der Waals surface area contributed by atoms with E-state index >= 15 is 0 Å². The molecule has 1 atom stereocenters. The molecule has 0 spiro atoms. The van der Waals surface area contributed by atoms with Gasteiger partial charge < -0.3 is 14.4 Å². The van der Waals surface area contributed by atoms with Crippen molar-refractivity contribution >= 4 is 17.5 Å². The largest absolute Gasteiger partial charge is 0.497 e. The summed E-state index contributed by atoms with van der Waals surface area (Å²) in [6, 6.07) is 17.4. The molecule has 8 heteroatoms. The van der Waals surface area contributed by atoms with Crippen molar-refractivity contribution in [1.29, 1.82) is 0 Å². The highest BCUT2D eigenvalue weighted by Crippen LogP contribution is 2.33.